The van der Waals surface area contributed by atoms with Crippen molar-refractivity contribution in [1.29, 1.82) is 0 Å². The van der Waals surface area contributed by atoms with E-state index in [2.05, 4.69) is 0 Å². The highest BCUT2D eigenvalue weighted by Crippen LogP contribution is 2.32. The maximum absolute atomic E-state index is 13.0. The van der Waals surface area contributed by atoms with Crippen LogP contribution in [0.5, 0.6) is 0 Å². The van der Waals surface area contributed by atoms with Crippen LogP contribution in [0.15, 0.2) is 0 Å². The summed E-state index contributed by atoms with van der Waals surface area (Å²) >= 11 is 0. The fraction of sp³-hybridized carbons (Fsp3) is 0.909. The molecule has 1 aliphatic heterocycles. The topological polar surface area (TPSA) is 29.5 Å². The van der Waals surface area contributed by atoms with Gasteiger partial charge in [-0.1, -0.05) is 0 Å². The molecule has 0 saturated carbocycles. The molecule has 0 bridgehead atoms. The van der Waals surface area contributed by atoms with Crippen LogP contribution in [0, 0.1) is 5.92 Å². The van der Waals surface area contributed by atoms with Crippen LogP contribution in [-0.2, 0) is 4.74 Å². The van der Waals surface area contributed by atoms with E-state index in [1.165, 1.54) is 4.90 Å². The molecule has 5 heteroatoms. The number of rotatable bonds is 1. The summed E-state index contributed by atoms with van der Waals surface area (Å²) in [5.74, 6) is -3.48. The number of amides is 1. The van der Waals surface area contributed by atoms with E-state index in [0.717, 1.165) is 6.92 Å². The van der Waals surface area contributed by atoms with Gasteiger partial charge in [0.25, 0.3) is 0 Å². The number of nitrogens with zero attached hydrogens (tertiary/aromatic N) is 1. The van der Waals surface area contributed by atoms with Crippen LogP contribution in [0.4, 0.5) is 13.6 Å². The molecule has 3 nitrogen and oxygen atoms in total. The normalized spacial score (nSPS) is 22.4. The van der Waals surface area contributed by atoms with Crippen LogP contribution in [-0.4, -0.2) is 35.6 Å². The summed E-state index contributed by atoms with van der Waals surface area (Å²) < 4.78 is 31.2. The number of carbonyl (C=O) groups is 1. The lowest BCUT2D eigenvalue weighted by Gasteiger charge is -2.25. The summed E-state index contributed by atoms with van der Waals surface area (Å²) in [5, 5.41) is 0. The molecular weight excluding hydrogens is 216 g/mol. The van der Waals surface area contributed by atoms with Crippen molar-refractivity contribution in [2.75, 3.05) is 13.1 Å². The van der Waals surface area contributed by atoms with E-state index in [9.17, 15) is 13.6 Å². The third-order valence-electron chi connectivity index (χ3n) is 2.56. The van der Waals surface area contributed by atoms with Gasteiger partial charge >= 0.3 is 6.09 Å². The van der Waals surface area contributed by atoms with Crippen molar-refractivity contribution in [1.82, 2.24) is 4.90 Å². The lowest BCUT2D eigenvalue weighted by atomic mass is 10.0. The van der Waals surface area contributed by atoms with E-state index in [-0.39, 0.29) is 6.54 Å². The molecule has 0 aliphatic carbocycles. The van der Waals surface area contributed by atoms with Gasteiger partial charge in [-0.3, -0.25) is 0 Å². The van der Waals surface area contributed by atoms with Gasteiger partial charge in [0.05, 0.1) is 0 Å². The Kier molecular flexibility index (Phi) is 3.45. The molecule has 1 saturated heterocycles. The highest BCUT2D eigenvalue weighted by molar-refractivity contribution is 5.68. The average molecular weight is 235 g/mol. The number of likely N-dealkylation sites (tertiary alicyclic amines) is 1. The summed E-state index contributed by atoms with van der Waals surface area (Å²) in [6.07, 6.45) is -0.165. The molecule has 0 N–H and O–H groups in total. The zero-order chi connectivity index (χ0) is 12.6. The first-order chi connectivity index (χ1) is 7.09. The van der Waals surface area contributed by atoms with Crippen LogP contribution in [0.1, 0.15) is 34.1 Å². The van der Waals surface area contributed by atoms with E-state index < -0.39 is 23.5 Å². The van der Waals surface area contributed by atoms with Gasteiger partial charge in [-0.15, -0.1) is 0 Å². The maximum Gasteiger partial charge on any atom is 0.410 e. The van der Waals surface area contributed by atoms with E-state index in [1.807, 2.05) is 0 Å². The fourth-order valence-corrected chi connectivity index (χ4v) is 1.67. The molecule has 0 unspecified atom stereocenters. The minimum Gasteiger partial charge on any atom is -0.444 e. The summed E-state index contributed by atoms with van der Waals surface area (Å²) in [6.45, 7) is 6.60. The Morgan fingerprint density at radius 2 is 1.88 bits per heavy atom. The average Bonchev–Trinajstić information content (AvgIpc) is 2.46. The third kappa shape index (κ3) is 3.61. The highest BCUT2D eigenvalue weighted by Gasteiger charge is 2.41. The largest absolute Gasteiger partial charge is 0.444 e. The Morgan fingerprint density at radius 3 is 2.25 bits per heavy atom. The van der Waals surface area contributed by atoms with Crippen LogP contribution < -0.4 is 0 Å². The standard InChI is InChI=1S/C11H19F2NO2/c1-10(2,3)16-9(15)14-6-5-8(7-14)11(4,12)13/h8H,5-7H2,1-4H3/t8-/m0/s1. The number of ether oxygens (including phenoxy) is 1. The highest BCUT2D eigenvalue weighted by atomic mass is 19.3. The van der Waals surface area contributed by atoms with Gasteiger partial charge in [-0.2, -0.15) is 0 Å². The number of hydrogen-bond acceptors (Lipinski definition) is 2. The van der Waals surface area contributed by atoms with Crippen molar-refractivity contribution < 1.29 is 18.3 Å². The Labute approximate surface area is 94.7 Å². The molecule has 0 aromatic heterocycles. The predicted molar refractivity (Wildman–Crippen MR) is 56.5 cm³/mol. The molecule has 1 rings (SSSR count). The lowest BCUT2D eigenvalue weighted by molar-refractivity contribution is -0.0361. The second kappa shape index (κ2) is 4.18. The minimum absolute atomic E-state index is 0.0818. The van der Waals surface area contributed by atoms with Crippen LogP contribution in [0.25, 0.3) is 0 Å². The first kappa shape index (κ1) is 13.2. The predicted octanol–water partition coefficient (Wildman–Crippen LogP) is 2.90. The monoisotopic (exact) mass is 235 g/mol. The van der Waals surface area contributed by atoms with E-state index >= 15 is 0 Å². The van der Waals surface area contributed by atoms with Crippen molar-refractivity contribution in [3.05, 3.63) is 0 Å². The van der Waals surface area contributed by atoms with Crippen molar-refractivity contribution in [2.24, 2.45) is 5.92 Å². The third-order valence-corrected chi connectivity index (χ3v) is 2.56. The van der Waals surface area contributed by atoms with Crippen LogP contribution in [0.3, 0.4) is 0 Å². The Bertz CT molecular complexity index is 268. The number of hydrogen-bond donors (Lipinski definition) is 0. The van der Waals surface area contributed by atoms with Crippen molar-refractivity contribution in [3.63, 3.8) is 0 Å². The van der Waals surface area contributed by atoms with Gasteiger partial charge in [0.2, 0.25) is 5.92 Å². The molecule has 1 atom stereocenters. The Balaban J connectivity index is 2.51. The number of carbonyl (C=O) groups excluding carboxylic acids is 1. The molecule has 1 aliphatic rings. The first-order valence-corrected chi connectivity index (χ1v) is 5.45. The van der Waals surface area contributed by atoms with Gasteiger partial charge in [0.15, 0.2) is 0 Å². The molecule has 94 valence electrons. The minimum atomic E-state index is -2.73. The van der Waals surface area contributed by atoms with Crippen LogP contribution >= 0.6 is 0 Å². The van der Waals surface area contributed by atoms with Crippen molar-refractivity contribution >= 4 is 6.09 Å². The summed E-state index contributed by atoms with van der Waals surface area (Å²) in [5.41, 5.74) is -0.579. The SMILES string of the molecule is CC(C)(C)OC(=O)N1CC[C@H](C(C)(F)F)C1. The maximum atomic E-state index is 13.0. The van der Waals surface area contributed by atoms with E-state index in [1.54, 1.807) is 20.8 Å². The molecule has 0 aromatic carbocycles. The van der Waals surface area contributed by atoms with E-state index in [0.29, 0.717) is 13.0 Å². The van der Waals surface area contributed by atoms with Gasteiger partial charge in [-0.25, -0.2) is 13.6 Å². The van der Waals surface area contributed by atoms with Gasteiger partial charge in [-0.05, 0) is 34.1 Å². The van der Waals surface area contributed by atoms with Gasteiger partial charge < -0.3 is 9.64 Å². The Morgan fingerprint density at radius 1 is 1.31 bits per heavy atom. The fourth-order valence-electron chi connectivity index (χ4n) is 1.67. The molecule has 0 aromatic rings. The van der Waals surface area contributed by atoms with Crippen molar-refractivity contribution in [3.8, 4) is 0 Å². The Hall–Kier alpha value is -0.870. The molecule has 0 spiro atoms. The quantitative estimate of drug-likeness (QED) is 0.699. The first-order valence-electron chi connectivity index (χ1n) is 5.45. The molecule has 1 amide bonds. The van der Waals surface area contributed by atoms with Gasteiger partial charge in [0.1, 0.15) is 5.60 Å². The summed E-state index contributed by atoms with van der Waals surface area (Å²) in [4.78, 5) is 12.9. The summed E-state index contributed by atoms with van der Waals surface area (Å²) in [7, 11) is 0. The molecule has 16 heavy (non-hydrogen) atoms. The number of halogens is 2. The lowest BCUT2D eigenvalue weighted by Crippen LogP contribution is -2.36. The molecule has 1 heterocycles. The smallest absolute Gasteiger partial charge is 0.410 e. The number of alkyl halides is 2. The molecular formula is C11H19F2NO2. The summed E-state index contributed by atoms with van der Waals surface area (Å²) in [6, 6.07) is 0. The second-order valence-electron chi connectivity index (χ2n) is 5.37. The van der Waals surface area contributed by atoms with E-state index in [4.69, 9.17) is 4.74 Å². The molecule has 1 fully saturated rings. The zero-order valence-electron chi connectivity index (χ0n) is 10.2. The second-order valence-corrected chi connectivity index (χ2v) is 5.37. The zero-order valence-corrected chi connectivity index (χ0v) is 10.2. The van der Waals surface area contributed by atoms with Crippen LogP contribution in [0.2, 0.25) is 0 Å². The van der Waals surface area contributed by atoms with Gasteiger partial charge in [0, 0.05) is 19.0 Å². The van der Waals surface area contributed by atoms with Crippen molar-refractivity contribution in [2.45, 2.75) is 45.6 Å². The molecule has 0 radical (unpaired) electrons.